The highest BCUT2D eigenvalue weighted by molar-refractivity contribution is 9.10. The van der Waals surface area contributed by atoms with Gasteiger partial charge >= 0.3 is 0 Å². The summed E-state index contributed by atoms with van der Waals surface area (Å²) < 4.78 is 12.2. The Morgan fingerprint density at radius 2 is 1.36 bits per heavy atom. The normalized spacial score (nSPS) is 15.8. The van der Waals surface area contributed by atoms with Gasteiger partial charge in [-0.2, -0.15) is 0 Å². The molecule has 0 fully saturated rings. The van der Waals surface area contributed by atoms with Gasteiger partial charge in [-0.25, -0.2) is 0 Å². The van der Waals surface area contributed by atoms with Crippen LogP contribution in [0.2, 0.25) is 0 Å². The zero-order valence-corrected chi connectivity index (χ0v) is 17.0. The molecule has 0 radical (unpaired) electrons. The Balaban J connectivity index is 1.61. The van der Waals surface area contributed by atoms with Crippen molar-refractivity contribution in [1.29, 1.82) is 0 Å². The molecule has 3 aromatic carbocycles. The molecule has 28 heavy (non-hydrogen) atoms. The predicted octanol–water partition coefficient (Wildman–Crippen LogP) is 5.74. The van der Waals surface area contributed by atoms with E-state index in [0.29, 0.717) is 24.7 Å². The van der Waals surface area contributed by atoms with Crippen LogP contribution in [0.5, 0.6) is 11.5 Å². The van der Waals surface area contributed by atoms with Gasteiger partial charge in [0.15, 0.2) is 17.3 Å². The molecule has 0 spiro atoms. The fraction of sp³-hybridized carbons (Fsp3) is 0.208. The number of carbonyl (C=O) groups excluding carboxylic acids is 1. The van der Waals surface area contributed by atoms with Crippen molar-refractivity contribution in [1.82, 2.24) is 0 Å². The molecular weight excluding hydrogens is 416 g/mol. The first-order chi connectivity index (χ1) is 13.7. The monoisotopic (exact) mass is 436 g/mol. The number of ketones is 1. The Labute approximate surface area is 173 Å². The first-order valence-corrected chi connectivity index (χ1v) is 10.3. The Hall–Kier alpha value is -2.59. The largest absolute Gasteiger partial charge is 0.485 e. The zero-order chi connectivity index (χ0) is 19.3. The van der Waals surface area contributed by atoms with E-state index in [1.54, 1.807) is 0 Å². The average molecular weight is 437 g/mol. The Bertz CT molecular complexity index is 954. The number of benzene rings is 3. The van der Waals surface area contributed by atoms with Crippen molar-refractivity contribution in [3.63, 3.8) is 0 Å². The van der Waals surface area contributed by atoms with E-state index in [2.05, 4.69) is 15.9 Å². The maximum atomic E-state index is 12.6. The minimum Gasteiger partial charge on any atom is -0.485 e. The van der Waals surface area contributed by atoms with Gasteiger partial charge in [-0.1, -0.05) is 76.6 Å². The highest BCUT2D eigenvalue weighted by atomic mass is 79.9. The maximum Gasteiger partial charge on any atom is 0.176 e. The Morgan fingerprint density at radius 3 is 1.93 bits per heavy atom. The van der Waals surface area contributed by atoms with Crippen molar-refractivity contribution in [2.45, 2.75) is 30.9 Å². The van der Waals surface area contributed by atoms with Crippen molar-refractivity contribution >= 4 is 21.7 Å². The molecule has 0 heterocycles. The number of hydrogen-bond acceptors (Lipinski definition) is 3. The summed E-state index contributed by atoms with van der Waals surface area (Å²) >= 11 is 3.48. The number of ether oxygens (including phenoxy) is 2. The Kier molecular flexibility index (Phi) is 5.77. The van der Waals surface area contributed by atoms with Gasteiger partial charge in [0.1, 0.15) is 13.2 Å². The lowest BCUT2D eigenvalue weighted by Gasteiger charge is -2.22. The molecule has 1 atom stereocenters. The van der Waals surface area contributed by atoms with Crippen LogP contribution < -0.4 is 9.47 Å². The molecule has 4 rings (SSSR count). The number of alkyl halides is 1. The zero-order valence-electron chi connectivity index (χ0n) is 15.4. The van der Waals surface area contributed by atoms with Gasteiger partial charge in [-0.3, -0.25) is 4.79 Å². The van der Waals surface area contributed by atoms with Crippen molar-refractivity contribution in [2.24, 2.45) is 0 Å². The van der Waals surface area contributed by atoms with Gasteiger partial charge in [0.05, 0.1) is 4.83 Å². The SMILES string of the molecule is O=C1c2cc(OCc3ccccc3)c(OCc3ccccc3)cc2CCC1Br. The summed E-state index contributed by atoms with van der Waals surface area (Å²) in [7, 11) is 0. The highest BCUT2D eigenvalue weighted by Gasteiger charge is 2.27. The summed E-state index contributed by atoms with van der Waals surface area (Å²) in [5.74, 6) is 1.40. The molecule has 1 unspecified atom stereocenters. The average Bonchev–Trinajstić information content (AvgIpc) is 2.75. The van der Waals surface area contributed by atoms with E-state index in [1.165, 1.54) is 0 Å². The second-order valence-electron chi connectivity index (χ2n) is 6.88. The molecule has 0 aromatic heterocycles. The molecule has 0 bridgehead atoms. The lowest BCUT2D eigenvalue weighted by molar-refractivity contribution is 0.0981. The van der Waals surface area contributed by atoms with E-state index < -0.39 is 0 Å². The molecule has 3 nitrogen and oxygen atoms in total. The van der Waals surface area contributed by atoms with E-state index in [4.69, 9.17) is 9.47 Å². The fourth-order valence-corrected chi connectivity index (χ4v) is 3.79. The van der Waals surface area contributed by atoms with Crippen LogP contribution in [0.3, 0.4) is 0 Å². The highest BCUT2D eigenvalue weighted by Crippen LogP contribution is 2.36. The molecule has 3 aromatic rings. The molecule has 0 aliphatic heterocycles. The quantitative estimate of drug-likeness (QED) is 0.462. The Morgan fingerprint density at radius 1 is 0.821 bits per heavy atom. The van der Waals surface area contributed by atoms with Crippen molar-refractivity contribution in [3.05, 3.63) is 95.1 Å². The topological polar surface area (TPSA) is 35.5 Å². The first-order valence-electron chi connectivity index (χ1n) is 9.39. The van der Waals surface area contributed by atoms with Gasteiger partial charge in [-0.05, 0) is 41.7 Å². The van der Waals surface area contributed by atoms with E-state index in [0.717, 1.165) is 35.1 Å². The predicted molar refractivity (Wildman–Crippen MR) is 113 cm³/mol. The summed E-state index contributed by atoms with van der Waals surface area (Å²) in [6.07, 6.45) is 1.64. The van der Waals surface area contributed by atoms with Crippen molar-refractivity contribution in [3.8, 4) is 11.5 Å². The summed E-state index contributed by atoms with van der Waals surface area (Å²) in [5.41, 5.74) is 3.91. The van der Waals surface area contributed by atoms with Gasteiger partial charge < -0.3 is 9.47 Å². The van der Waals surface area contributed by atoms with E-state index in [-0.39, 0.29) is 10.6 Å². The second-order valence-corrected chi connectivity index (χ2v) is 7.98. The van der Waals surface area contributed by atoms with Crippen LogP contribution in [-0.2, 0) is 19.6 Å². The van der Waals surface area contributed by atoms with E-state index >= 15 is 0 Å². The summed E-state index contributed by atoms with van der Waals surface area (Å²) in [5, 5.41) is 0. The van der Waals surface area contributed by atoms with Gasteiger partial charge in [0, 0.05) is 5.56 Å². The smallest absolute Gasteiger partial charge is 0.176 e. The van der Waals surface area contributed by atoms with E-state index in [9.17, 15) is 4.79 Å². The van der Waals surface area contributed by atoms with Crippen LogP contribution in [0.1, 0.15) is 33.5 Å². The minimum atomic E-state index is -0.127. The summed E-state index contributed by atoms with van der Waals surface area (Å²) in [6.45, 7) is 0.879. The minimum absolute atomic E-state index is 0.112. The first kappa shape index (κ1) is 18.8. The molecule has 142 valence electrons. The lowest BCUT2D eigenvalue weighted by Crippen LogP contribution is -2.22. The summed E-state index contributed by atoms with van der Waals surface area (Å²) in [6, 6.07) is 23.8. The van der Waals surface area contributed by atoms with Gasteiger partial charge in [0.25, 0.3) is 0 Å². The number of Topliss-reactive ketones (excluding diaryl/α,β-unsaturated/α-hetero) is 1. The van der Waals surface area contributed by atoms with E-state index in [1.807, 2.05) is 72.8 Å². The van der Waals surface area contributed by atoms with Gasteiger partial charge in [0.2, 0.25) is 0 Å². The number of fused-ring (bicyclic) bond motifs is 1. The number of aryl methyl sites for hydroxylation is 1. The van der Waals surface area contributed by atoms with Crippen LogP contribution in [0.25, 0.3) is 0 Å². The van der Waals surface area contributed by atoms with Crippen LogP contribution in [0, 0.1) is 0 Å². The van der Waals surface area contributed by atoms with Crippen LogP contribution in [0.15, 0.2) is 72.8 Å². The summed E-state index contributed by atoms with van der Waals surface area (Å²) in [4.78, 5) is 12.5. The number of carbonyl (C=O) groups is 1. The molecule has 4 heteroatoms. The third-order valence-electron chi connectivity index (χ3n) is 4.86. The standard InChI is InChI=1S/C24H21BrO3/c25-21-12-11-19-13-22(27-15-17-7-3-1-4-8-17)23(14-20(19)24(21)26)28-16-18-9-5-2-6-10-18/h1-10,13-14,21H,11-12,15-16H2. The molecular formula is C24H21BrO3. The number of rotatable bonds is 6. The molecule has 0 amide bonds. The fourth-order valence-electron chi connectivity index (χ4n) is 3.32. The molecule has 1 aliphatic rings. The maximum absolute atomic E-state index is 12.6. The third kappa shape index (κ3) is 4.28. The molecule has 0 saturated carbocycles. The van der Waals surface area contributed by atoms with Crippen LogP contribution in [-0.4, -0.2) is 10.6 Å². The van der Waals surface area contributed by atoms with Crippen molar-refractivity contribution < 1.29 is 14.3 Å². The number of hydrogen-bond donors (Lipinski definition) is 0. The van der Waals surface area contributed by atoms with Crippen LogP contribution >= 0.6 is 15.9 Å². The molecule has 1 aliphatic carbocycles. The molecule has 0 N–H and O–H groups in total. The third-order valence-corrected chi connectivity index (χ3v) is 5.73. The van der Waals surface area contributed by atoms with Gasteiger partial charge in [-0.15, -0.1) is 0 Å². The second kappa shape index (κ2) is 8.61. The number of halogens is 1. The van der Waals surface area contributed by atoms with Crippen LogP contribution in [0.4, 0.5) is 0 Å². The molecule has 0 saturated heterocycles. The lowest BCUT2D eigenvalue weighted by atomic mass is 9.90. The van der Waals surface area contributed by atoms with Crippen molar-refractivity contribution in [2.75, 3.05) is 0 Å².